The van der Waals surface area contributed by atoms with Crippen molar-refractivity contribution in [2.75, 3.05) is 29.1 Å². The number of hydrogen-bond donors (Lipinski definition) is 1. The van der Waals surface area contributed by atoms with E-state index in [1.807, 2.05) is 47.3 Å². The van der Waals surface area contributed by atoms with Gasteiger partial charge in [-0.05, 0) is 38.1 Å². The smallest absolute Gasteiger partial charge is 0.236 e. The van der Waals surface area contributed by atoms with E-state index in [4.69, 9.17) is 0 Å². The molecule has 1 amide bonds. The highest BCUT2D eigenvalue weighted by molar-refractivity contribution is 7.99. The van der Waals surface area contributed by atoms with Crippen molar-refractivity contribution in [3.05, 3.63) is 60.0 Å². The van der Waals surface area contributed by atoms with Gasteiger partial charge in [0.15, 0.2) is 16.1 Å². The molecule has 33 heavy (non-hydrogen) atoms. The molecular weight excluding hydrogens is 452 g/mol. The first-order chi connectivity index (χ1) is 16.1. The molecule has 0 radical (unpaired) electrons. The Bertz CT molecular complexity index is 1200. The highest BCUT2D eigenvalue weighted by Crippen LogP contribution is 2.27. The third kappa shape index (κ3) is 5.43. The van der Waals surface area contributed by atoms with Crippen LogP contribution in [0, 0.1) is 0 Å². The lowest BCUT2D eigenvalue weighted by Crippen LogP contribution is -2.21. The van der Waals surface area contributed by atoms with Crippen molar-refractivity contribution in [2.45, 2.75) is 19.0 Å². The van der Waals surface area contributed by atoms with E-state index in [-0.39, 0.29) is 11.7 Å². The van der Waals surface area contributed by atoms with E-state index in [0.29, 0.717) is 10.3 Å². The number of thioether (sulfide) groups is 1. The Kier molecular flexibility index (Phi) is 7.41. The van der Waals surface area contributed by atoms with Gasteiger partial charge in [0.05, 0.1) is 11.4 Å². The van der Waals surface area contributed by atoms with E-state index >= 15 is 0 Å². The second-order valence-electron chi connectivity index (χ2n) is 7.33. The van der Waals surface area contributed by atoms with Gasteiger partial charge >= 0.3 is 0 Å². The van der Waals surface area contributed by atoms with Gasteiger partial charge in [0, 0.05) is 42.3 Å². The first-order valence-electron chi connectivity index (χ1n) is 10.8. The number of nitrogens with one attached hydrogen (secondary N) is 1. The predicted octanol–water partition coefficient (Wildman–Crippen LogP) is 5.18. The first-order valence-corrected chi connectivity index (χ1v) is 12.6. The summed E-state index contributed by atoms with van der Waals surface area (Å²) in [7, 11) is 1.92. The minimum Gasteiger partial charge on any atom is -0.372 e. The zero-order chi connectivity index (χ0) is 23.2. The van der Waals surface area contributed by atoms with Gasteiger partial charge in [0.1, 0.15) is 0 Å². The SMILES string of the molecule is CCN(CC)c1ccc(-c2nnc(SCC(=O)Nc3nc(-c4ccccc4)cs3)n2C)cc1. The Balaban J connectivity index is 1.36. The fraction of sp³-hybridized carbons (Fsp3) is 0.250. The second-order valence-corrected chi connectivity index (χ2v) is 9.13. The molecule has 0 aliphatic rings. The summed E-state index contributed by atoms with van der Waals surface area (Å²) in [4.78, 5) is 19.3. The molecule has 0 aliphatic heterocycles. The van der Waals surface area contributed by atoms with E-state index < -0.39 is 0 Å². The van der Waals surface area contributed by atoms with Crippen molar-refractivity contribution >= 4 is 39.8 Å². The minimum absolute atomic E-state index is 0.123. The highest BCUT2D eigenvalue weighted by Gasteiger charge is 2.14. The fourth-order valence-corrected chi connectivity index (χ4v) is 4.91. The van der Waals surface area contributed by atoms with Gasteiger partial charge in [-0.15, -0.1) is 21.5 Å². The van der Waals surface area contributed by atoms with Crippen molar-refractivity contribution in [2.24, 2.45) is 7.05 Å². The molecule has 1 N–H and O–H groups in total. The summed E-state index contributed by atoms with van der Waals surface area (Å²) in [5.41, 5.74) is 4.07. The maximum absolute atomic E-state index is 12.5. The van der Waals surface area contributed by atoms with Crippen LogP contribution >= 0.6 is 23.1 Å². The molecule has 7 nitrogen and oxygen atoms in total. The zero-order valence-electron chi connectivity index (χ0n) is 18.9. The lowest BCUT2D eigenvalue weighted by atomic mass is 10.2. The second kappa shape index (κ2) is 10.6. The number of carbonyl (C=O) groups is 1. The molecule has 0 spiro atoms. The van der Waals surface area contributed by atoms with Crippen LogP contribution in [0.2, 0.25) is 0 Å². The molecule has 0 fully saturated rings. The quantitative estimate of drug-likeness (QED) is 0.334. The zero-order valence-corrected chi connectivity index (χ0v) is 20.5. The van der Waals surface area contributed by atoms with Gasteiger partial charge in [-0.2, -0.15) is 0 Å². The summed E-state index contributed by atoms with van der Waals surface area (Å²) in [6, 6.07) is 18.2. The number of benzene rings is 2. The topological polar surface area (TPSA) is 75.9 Å². The van der Waals surface area contributed by atoms with Crippen molar-refractivity contribution in [3.63, 3.8) is 0 Å². The Morgan fingerprint density at radius 2 is 1.76 bits per heavy atom. The molecule has 9 heteroatoms. The molecule has 4 aromatic rings. The van der Waals surface area contributed by atoms with Crippen LogP contribution in [0.4, 0.5) is 10.8 Å². The minimum atomic E-state index is -0.123. The molecule has 4 rings (SSSR count). The van der Waals surface area contributed by atoms with Gasteiger partial charge in [-0.1, -0.05) is 42.1 Å². The van der Waals surface area contributed by atoms with E-state index in [0.717, 1.165) is 35.7 Å². The molecule has 2 heterocycles. The van der Waals surface area contributed by atoms with Crippen LogP contribution in [0.1, 0.15) is 13.8 Å². The average Bonchev–Trinajstić information content (AvgIpc) is 3.46. The number of carbonyl (C=O) groups excluding carboxylic acids is 1. The molecule has 0 atom stereocenters. The summed E-state index contributed by atoms with van der Waals surface area (Å²) in [6.45, 7) is 6.24. The summed E-state index contributed by atoms with van der Waals surface area (Å²) >= 11 is 2.77. The number of hydrogen-bond acceptors (Lipinski definition) is 7. The average molecular weight is 479 g/mol. The molecule has 0 aliphatic carbocycles. The maximum Gasteiger partial charge on any atom is 0.236 e. The van der Waals surface area contributed by atoms with Crippen molar-refractivity contribution in [1.82, 2.24) is 19.7 Å². The number of thiazole rings is 1. The van der Waals surface area contributed by atoms with Crippen LogP contribution < -0.4 is 10.2 Å². The van der Waals surface area contributed by atoms with Gasteiger partial charge in [0.2, 0.25) is 5.91 Å². The molecule has 0 saturated carbocycles. The molecule has 170 valence electrons. The van der Waals surface area contributed by atoms with Crippen LogP contribution in [-0.4, -0.2) is 44.5 Å². The van der Waals surface area contributed by atoms with E-state index in [1.165, 1.54) is 28.8 Å². The van der Waals surface area contributed by atoms with Crippen LogP contribution in [0.25, 0.3) is 22.6 Å². The number of anilines is 2. The van der Waals surface area contributed by atoms with Gasteiger partial charge in [-0.25, -0.2) is 4.98 Å². The number of amides is 1. The third-order valence-electron chi connectivity index (χ3n) is 5.24. The van der Waals surface area contributed by atoms with Crippen molar-refractivity contribution < 1.29 is 4.79 Å². The molecule has 2 aromatic heterocycles. The van der Waals surface area contributed by atoms with Gasteiger partial charge in [0.25, 0.3) is 0 Å². The summed E-state index contributed by atoms with van der Waals surface area (Å²) in [5, 5.41) is 14.7. The fourth-order valence-electron chi connectivity index (χ4n) is 3.46. The molecule has 0 saturated heterocycles. The largest absolute Gasteiger partial charge is 0.372 e. The first kappa shape index (κ1) is 23.0. The Morgan fingerprint density at radius 1 is 1.03 bits per heavy atom. The van der Waals surface area contributed by atoms with Gasteiger partial charge in [-0.3, -0.25) is 4.79 Å². The summed E-state index contributed by atoms with van der Waals surface area (Å²) in [6.07, 6.45) is 0. The van der Waals surface area contributed by atoms with E-state index in [2.05, 4.69) is 63.5 Å². The Hall–Kier alpha value is -3.17. The normalized spacial score (nSPS) is 10.9. The lowest BCUT2D eigenvalue weighted by molar-refractivity contribution is -0.113. The molecule has 0 unspecified atom stereocenters. The predicted molar refractivity (Wildman–Crippen MR) is 137 cm³/mol. The number of nitrogens with zero attached hydrogens (tertiary/aromatic N) is 5. The van der Waals surface area contributed by atoms with E-state index in [1.54, 1.807) is 0 Å². The summed E-state index contributed by atoms with van der Waals surface area (Å²) in [5.74, 6) is 0.881. The summed E-state index contributed by atoms with van der Waals surface area (Å²) < 4.78 is 1.92. The monoisotopic (exact) mass is 478 g/mol. The van der Waals surface area contributed by atoms with E-state index in [9.17, 15) is 4.79 Å². The number of rotatable bonds is 9. The maximum atomic E-state index is 12.5. The van der Waals surface area contributed by atoms with Crippen LogP contribution in [0.5, 0.6) is 0 Å². The highest BCUT2D eigenvalue weighted by atomic mass is 32.2. The number of aromatic nitrogens is 4. The standard InChI is InChI=1S/C24H26N6OS2/c1-4-30(5-2)19-13-11-18(12-14-19)22-27-28-24(29(22)3)33-16-21(31)26-23-25-20(15-32-23)17-9-7-6-8-10-17/h6-15H,4-5,16H2,1-3H3,(H,25,26,31). The van der Waals surface area contributed by atoms with Gasteiger partial charge < -0.3 is 14.8 Å². The van der Waals surface area contributed by atoms with Crippen LogP contribution in [-0.2, 0) is 11.8 Å². The molecule has 2 aromatic carbocycles. The van der Waals surface area contributed by atoms with Crippen LogP contribution in [0.15, 0.2) is 65.1 Å². The third-order valence-corrected chi connectivity index (χ3v) is 7.02. The van der Waals surface area contributed by atoms with Crippen molar-refractivity contribution in [3.8, 4) is 22.6 Å². The Morgan fingerprint density at radius 3 is 2.45 bits per heavy atom. The lowest BCUT2D eigenvalue weighted by Gasteiger charge is -2.21. The molecular formula is C24H26N6OS2. The Labute approximate surface area is 201 Å². The van der Waals surface area contributed by atoms with Crippen molar-refractivity contribution in [1.29, 1.82) is 0 Å². The van der Waals surface area contributed by atoms with Crippen LogP contribution in [0.3, 0.4) is 0 Å². The molecule has 0 bridgehead atoms.